The first-order chi connectivity index (χ1) is 19.0. The minimum Gasteiger partial charge on any atom is -0.497 e. The topological polar surface area (TPSA) is 69.1 Å². The molecule has 8 heteroatoms. The quantitative estimate of drug-likeness (QED) is 0.406. The van der Waals surface area contributed by atoms with Crippen LogP contribution in [0.15, 0.2) is 53.5 Å². The van der Waals surface area contributed by atoms with Gasteiger partial charge >= 0.3 is 0 Å². The zero-order valence-corrected chi connectivity index (χ0v) is 25.0. The van der Waals surface area contributed by atoms with E-state index in [1.54, 1.807) is 7.11 Å². The van der Waals surface area contributed by atoms with Gasteiger partial charge in [0.05, 0.1) is 37.8 Å². The highest BCUT2D eigenvalue weighted by molar-refractivity contribution is 5.64. The first kappa shape index (κ1) is 27.7. The van der Waals surface area contributed by atoms with Crippen LogP contribution in [0.1, 0.15) is 51.4 Å². The average molecular weight is 542 g/mol. The van der Waals surface area contributed by atoms with E-state index in [1.165, 1.54) is 16.8 Å². The van der Waals surface area contributed by atoms with Gasteiger partial charge < -0.3 is 24.8 Å². The number of benzene rings is 2. The summed E-state index contributed by atoms with van der Waals surface area (Å²) < 4.78 is 5.37. The molecule has 0 spiro atoms. The molecular weight excluding hydrogens is 498 g/mol. The maximum atomic E-state index is 5.37. The number of rotatable bonds is 7. The van der Waals surface area contributed by atoms with Crippen LogP contribution in [-0.2, 0) is 12.0 Å². The summed E-state index contributed by atoms with van der Waals surface area (Å²) in [6.45, 7) is 18.4. The summed E-state index contributed by atoms with van der Waals surface area (Å²) in [7, 11) is 1.70. The zero-order chi connectivity index (χ0) is 28.5. The highest BCUT2D eigenvalue weighted by Gasteiger charge is 2.35. The van der Waals surface area contributed by atoms with Crippen molar-refractivity contribution in [2.24, 2.45) is 4.99 Å². The average Bonchev–Trinajstić information content (AvgIpc) is 3.42. The van der Waals surface area contributed by atoms with Gasteiger partial charge in [0.15, 0.2) is 0 Å². The van der Waals surface area contributed by atoms with E-state index in [0.29, 0.717) is 6.54 Å². The third-order valence-corrected chi connectivity index (χ3v) is 7.83. The van der Waals surface area contributed by atoms with Crippen molar-refractivity contribution in [3.8, 4) is 5.75 Å². The number of methoxy groups -OCH3 is 1. The van der Waals surface area contributed by atoms with Gasteiger partial charge in [0, 0.05) is 43.6 Å². The summed E-state index contributed by atoms with van der Waals surface area (Å²) >= 11 is 0. The fourth-order valence-corrected chi connectivity index (χ4v) is 5.44. The molecule has 1 N–H and O–H groups in total. The number of nitrogens with zero attached hydrogens (tertiary/aromatic N) is 6. The molecule has 1 aromatic heterocycles. The van der Waals surface area contributed by atoms with Crippen LogP contribution >= 0.6 is 0 Å². The molecule has 3 heterocycles. The lowest BCUT2D eigenvalue weighted by Crippen LogP contribution is -2.60. The van der Waals surface area contributed by atoms with E-state index in [4.69, 9.17) is 14.7 Å². The van der Waals surface area contributed by atoms with Crippen molar-refractivity contribution >= 4 is 29.5 Å². The predicted molar refractivity (Wildman–Crippen MR) is 166 cm³/mol. The normalized spacial score (nSPS) is 16.9. The van der Waals surface area contributed by atoms with Crippen LogP contribution in [0.5, 0.6) is 5.75 Å². The molecule has 212 valence electrons. The summed E-state index contributed by atoms with van der Waals surface area (Å²) in [4.78, 5) is 21.5. The van der Waals surface area contributed by atoms with Crippen molar-refractivity contribution in [1.29, 1.82) is 0 Å². The first-order valence-electron chi connectivity index (χ1n) is 14.2. The van der Waals surface area contributed by atoms with Crippen LogP contribution < -0.4 is 19.9 Å². The standard InChI is InChI=1S/C32H43N7O/c1-23-8-9-24(31(2,3)4)18-28(23)35-29-19-25(20-37-15-14-33-22-37)34-30(36-29)38-16-17-39(32(5,6)21-38)26-10-12-27(40-7)13-11-26/h8-13,18-19,22H,14-17,20-21H2,1-7H3,(H,34,35,36). The second-order valence-electron chi connectivity index (χ2n) is 12.5. The Morgan fingerprint density at radius 2 is 1.75 bits per heavy atom. The van der Waals surface area contributed by atoms with Crippen LogP contribution in [0.4, 0.5) is 23.1 Å². The largest absolute Gasteiger partial charge is 0.497 e. The number of aliphatic imine (C=N–C) groups is 1. The SMILES string of the molecule is COc1ccc(N2CCN(c3nc(CN4C=NCC4)cc(Nc4cc(C(C)(C)C)ccc4C)n3)CC2(C)C)cc1. The van der Waals surface area contributed by atoms with Gasteiger partial charge in [-0.25, -0.2) is 4.98 Å². The summed E-state index contributed by atoms with van der Waals surface area (Å²) in [5, 5.41) is 3.64. The molecule has 0 radical (unpaired) electrons. The van der Waals surface area contributed by atoms with Crippen LogP contribution in [0.3, 0.4) is 0 Å². The molecule has 0 saturated carbocycles. The van der Waals surface area contributed by atoms with Crippen molar-refractivity contribution in [2.45, 2.75) is 59.0 Å². The highest BCUT2D eigenvalue weighted by Crippen LogP contribution is 2.32. The highest BCUT2D eigenvalue weighted by atomic mass is 16.5. The minimum atomic E-state index is -0.112. The third kappa shape index (κ3) is 6.16. The number of aryl methyl sites for hydroxylation is 1. The number of aromatic nitrogens is 2. The molecule has 0 atom stereocenters. The maximum Gasteiger partial charge on any atom is 0.227 e. The van der Waals surface area contributed by atoms with Gasteiger partial charge in [0.2, 0.25) is 5.95 Å². The van der Waals surface area contributed by atoms with Crippen molar-refractivity contribution in [3.63, 3.8) is 0 Å². The minimum absolute atomic E-state index is 0.0658. The molecule has 0 aliphatic carbocycles. The van der Waals surface area contributed by atoms with E-state index in [2.05, 4.69) is 103 Å². The fourth-order valence-electron chi connectivity index (χ4n) is 5.44. The van der Waals surface area contributed by atoms with Crippen molar-refractivity contribution in [3.05, 3.63) is 65.4 Å². The van der Waals surface area contributed by atoms with Gasteiger partial charge in [-0.05, 0) is 67.6 Å². The Labute approximate surface area is 239 Å². The predicted octanol–water partition coefficient (Wildman–Crippen LogP) is 5.78. The molecule has 0 bridgehead atoms. The molecule has 1 saturated heterocycles. The summed E-state index contributed by atoms with van der Waals surface area (Å²) in [6, 6.07) is 17.1. The molecule has 2 aromatic carbocycles. The molecule has 1 fully saturated rings. The van der Waals surface area contributed by atoms with Crippen molar-refractivity contribution in [2.75, 3.05) is 55.0 Å². The van der Waals surface area contributed by atoms with E-state index in [1.807, 2.05) is 18.5 Å². The van der Waals surface area contributed by atoms with Gasteiger partial charge in [-0.15, -0.1) is 0 Å². The molecule has 0 unspecified atom stereocenters. The van der Waals surface area contributed by atoms with Gasteiger partial charge in [0.25, 0.3) is 0 Å². The number of hydrogen-bond acceptors (Lipinski definition) is 8. The number of piperazine rings is 1. The number of nitrogens with one attached hydrogen (secondary N) is 1. The Morgan fingerprint density at radius 3 is 2.40 bits per heavy atom. The Bertz CT molecular complexity index is 1360. The Morgan fingerprint density at radius 1 is 0.975 bits per heavy atom. The van der Waals surface area contributed by atoms with Crippen molar-refractivity contribution in [1.82, 2.24) is 14.9 Å². The van der Waals surface area contributed by atoms with Gasteiger partial charge in [-0.2, -0.15) is 4.98 Å². The second kappa shape index (κ2) is 11.0. The first-order valence-corrected chi connectivity index (χ1v) is 14.2. The van der Waals surface area contributed by atoms with E-state index in [9.17, 15) is 0 Å². The molecular formula is C32H43N7O. The van der Waals surface area contributed by atoms with E-state index in [-0.39, 0.29) is 11.0 Å². The lowest BCUT2D eigenvalue weighted by molar-refractivity contribution is 0.407. The van der Waals surface area contributed by atoms with E-state index in [0.717, 1.165) is 61.6 Å². The molecule has 8 nitrogen and oxygen atoms in total. The van der Waals surface area contributed by atoms with Crippen LogP contribution in [0.25, 0.3) is 0 Å². The van der Waals surface area contributed by atoms with E-state index < -0.39 is 0 Å². The van der Waals surface area contributed by atoms with Crippen LogP contribution in [0.2, 0.25) is 0 Å². The Hall–Kier alpha value is -3.81. The molecule has 2 aliphatic heterocycles. The molecule has 2 aliphatic rings. The fraction of sp³-hybridized carbons (Fsp3) is 0.469. The summed E-state index contributed by atoms with van der Waals surface area (Å²) in [6.07, 6.45) is 1.93. The molecule has 0 amide bonds. The molecule has 5 rings (SSSR count). The van der Waals surface area contributed by atoms with Gasteiger partial charge in [-0.3, -0.25) is 4.99 Å². The number of hydrogen-bond donors (Lipinski definition) is 1. The zero-order valence-electron chi connectivity index (χ0n) is 25.0. The van der Waals surface area contributed by atoms with Gasteiger partial charge in [0.1, 0.15) is 11.6 Å². The van der Waals surface area contributed by atoms with Crippen molar-refractivity contribution < 1.29 is 4.74 Å². The lowest BCUT2D eigenvalue weighted by atomic mass is 9.86. The number of anilines is 4. The third-order valence-electron chi connectivity index (χ3n) is 7.83. The second-order valence-corrected chi connectivity index (χ2v) is 12.5. The monoisotopic (exact) mass is 541 g/mol. The smallest absolute Gasteiger partial charge is 0.227 e. The number of ether oxygens (including phenoxy) is 1. The van der Waals surface area contributed by atoms with E-state index >= 15 is 0 Å². The Balaban J connectivity index is 1.43. The summed E-state index contributed by atoms with van der Waals surface area (Å²) in [5.74, 6) is 2.46. The Kier molecular flexibility index (Phi) is 7.62. The van der Waals surface area contributed by atoms with Crippen LogP contribution in [-0.4, -0.2) is 66.6 Å². The summed E-state index contributed by atoms with van der Waals surface area (Å²) in [5.41, 5.74) is 5.70. The maximum absolute atomic E-state index is 5.37. The lowest BCUT2D eigenvalue weighted by Gasteiger charge is -2.48. The molecule has 3 aromatic rings. The van der Waals surface area contributed by atoms with Gasteiger partial charge in [-0.1, -0.05) is 32.9 Å². The van der Waals surface area contributed by atoms with Crippen LogP contribution in [0, 0.1) is 6.92 Å². The molecule has 40 heavy (non-hydrogen) atoms.